The molecule has 3 aromatic heterocycles. The number of pyridine rings is 2. The summed E-state index contributed by atoms with van der Waals surface area (Å²) < 4.78 is 0. The van der Waals surface area contributed by atoms with E-state index in [4.69, 9.17) is 4.98 Å². The fraction of sp³-hybridized carbons (Fsp3) is 0.308. The number of nitrogens with zero attached hydrogens (tertiary/aromatic N) is 5. The lowest BCUT2D eigenvalue weighted by molar-refractivity contribution is 0.456. The van der Waals surface area contributed by atoms with Crippen LogP contribution in [-0.2, 0) is 0 Å². The van der Waals surface area contributed by atoms with Crippen LogP contribution in [0.25, 0.3) is 22.2 Å². The zero-order valence-electron chi connectivity index (χ0n) is 19.2. The third-order valence-electron chi connectivity index (χ3n) is 6.07. The number of nitrogens with one attached hydrogen (secondary N) is 1. The van der Waals surface area contributed by atoms with Crippen LogP contribution in [0, 0.1) is 5.92 Å². The third kappa shape index (κ3) is 4.50. The van der Waals surface area contributed by atoms with E-state index in [9.17, 15) is 0 Å². The fourth-order valence-electron chi connectivity index (χ4n) is 4.40. The number of fused-ring (bicyclic) bond motifs is 1. The number of hydrogen-bond acceptors (Lipinski definition) is 7. The van der Waals surface area contributed by atoms with Crippen molar-refractivity contribution in [2.45, 2.75) is 19.8 Å². The summed E-state index contributed by atoms with van der Waals surface area (Å²) >= 11 is 1.93. The predicted octanol–water partition coefficient (Wildman–Crippen LogP) is 5.75. The molecule has 33 heavy (non-hydrogen) atoms. The molecular weight excluding hydrogens is 428 g/mol. The third-order valence-corrected chi connectivity index (χ3v) is 6.87. The number of thioether (sulfide) groups is 1. The Morgan fingerprint density at radius 2 is 1.91 bits per heavy atom. The first-order chi connectivity index (χ1) is 16.1. The second kappa shape index (κ2) is 9.35. The highest BCUT2D eigenvalue weighted by molar-refractivity contribution is 7.98. The molecule has 0 aliphatic carbocycles. The number of benzene rings is 1. The van der Waals surface area contributed by atoms with Gasteiger partial charge in [-0.1, -0.05) is 19.9 Å². The van der Waals surface area contributed by atoms with Crippen LogP contribution in [-0.4, -0.2) is 45.0 Å². The van der Waals surface area contributed by atoms with Crippen molar-refractivity contribution >= 4 is 39.9 Å². The topological polar surface area (TPSA) is 66.8 Å². The van der Waals surface area contributed by atoms with E-state index in [1.807, 2.05) is 36.2 Å². The van der Waals surface area contributed by atoms with Crippen molar-refractivity contribution in [1.82, 2.24) is 19.9 Å². The molecule has 0 radical (unpaired) electrons. The van der Waals surface area contributed by atoms with E-state index in [0.29, 0.717) is 17.6 Å². The predicted molar refractivity (Wildman–Crippen MR) is 138 cm³/mol. The molecule has 1 aromatic carbocycles. The summed E-state index contributed by atoms with van der Waals surface area (Å²) in [5.74, 6) is 4.55. The van der Waals surface area contributed by atoms with Gasteiger partial charge in [-0.25, -0.2) is 15.0 Å². The fourth-order valence-corrected chi connectivity index (χ4v) is 5.08. The molecule has 4 heterocycles. The molecule has 1 N–H and O–H groups in total. The van der Waals surface area contributed by atoms with Crippen molar-refractivity contribution in [2.75, 3.05) is 35.3 Å². The molecule has 0 bridgehead atoms. The normalized spacial score (nSPS) is 14.0. The maximum Gasteiger partial charge on any atom is 0.163 e. The highest BCUT2D eigenvalue weighted by atomic mass is 32.2. The summed E-state index contributed by atoms with van der Waals surface area (Å²) in [6.45, 7) is 6.72. The molecule has 0 atom stereocenters. The molecule has 1 aliphatic rings. The molecule has 0 saturated carbocycles. The van der Waals surface area contributed by atoms with E-state index in [2.05, 4.69) is 63.5 Å². The van der Waals surface area contributed by atoms with Gasteiger partial charge in [-0.15, -0.1) is 0 Å². The van der Waals surface area contributed by atoms with E-state index in [-0.39, 0.29) is 0 Å². The van der Waals surface area contributed by atoms with Crippen molar-refractivity contribution in [1.29, 1.82) is 0 Å². The van der Waals surface area contributed by atoms with Crippen LogP contribution in [0.15, 0.2) is 61.2 Å². The van der Waals surface area contributed by atoms with Gasteiger partial charge < -0.3 is 10.2 Å². The summed E-state index contributed by atoms with van der Waals surface area (Å²) in [5.41, 5.74) is 3.50. The van der Waals surface area contributed by atoms with Gasteiger partial charge in [0.15, 0.2) is 5.82 Å². The molecule has 0 spiro atoms. The highest BCUT2D eigenvalue weighted by Crippen LogP contribution is 2.37. The van der Waals surface area contributed by atoms with Crippen molar-refractivity contribution in [3.63, 3.8) is 0 Å². The van der Waals surface area contributed by atoms with Crippen LogP contribution in [0.2, 0.25) is 0 Å². The van der Waals surface area contributed by atoms with Gasteiger partial charge in [-0.05, 0) is 59.2 Å². The monoisotopic (exact) mass is 456 g/mol. The molecule has 168 valence electrons. The number of anilines is 3. The van der Waals surface area contributed by atoms with Gasteiger partial charge in [0.2, 0.25) is 0 Å². The molecule has 4 aromatic rings. The SMILES string of the molecule is CSCC1CN(c2ccc(C(C)C)c3cc(Nc4ccnc(-c5cccnc5)n4)ncc23)C1. The van der Waals surface area contributed by atoms with Gasteiger partial charge >= 0.3 is 0 Å². The van der Waals surface area contributed by atoms with Crippen LogP contribution >= 0.6 is 11.8 Å². The van der Waals surface area contributed by atoms with E-state index in [1.165, 1.54) is 27.8 Å². The Morgan fingerprint density at radius 1 is 1.03 bits per heavy atom. The van der Waals surface area contributed by atoms with Crippen LogP contribution in [0.4, 0.5) is 17.3 Å². The minimum Gasteiger partial charge on any atom is -0.370 e. The first-order valence-electron chi connectivity index (χ1n) is 11.3. The first kappa shape index (κ1) is 21.6. The summed E-state index contributed by atoms with van der Waals surface area (Å²) in [5, 5.41) is 5.83. The molecule has 1 saturated heterocycles. The average Bonchev–Trinajstić information content (AvgIpc) is 2.81. The van der Waals surface area contributed by atoms with Crippen molar-refractivity contribution in [2.24, 2.45) is 5.92 Å². The van der Waals surface area contributed by atoms with Crippen LogP contribution in [0.5, 0.6) is 0 Å². The largest absolute Gasteiger partial charge is 0.370 e. The lowest BCUT2D eigenvalue weighted by Crippen LogP contribution is -2.48. The Kier molecular flexibility index (Phi) is 6.13. The summed E-state index contributed by atoms with van der Waals surface area (Å²) in [6.07, 6.45) is 9.46. The quantitative estimate of drug-likeness (QED) is 0.380. The second-order valence-electron chi connectivity index (χ2n) is 8.80. The maximum atomic E-state index is 4.75. The average molecular weight is 457 g/mol. The van der Waals surface area contributed by atoms with Crippen LogP contribution in [0.1, 0.15) is 25.3 Å². The summed E-state index contributed by atoms with van der Waals surface area (Å²) in [7, 11) is 0. The first-order valence-corrected chi connectivity index (χ1v) is 12.7. The van der Waals surface area contributed by atoms with Gasteiger partial charge in [-0.3, -0.25) is 4.98 Å². The number of hydrogen-bond donors (Lipinski definition) is 1. The molecule has 7 heteroatoms. The minimum absolute atomic E-state index is 0.425. The van der Waals surface area contributed by atoms with Gasteiger partial charge in [-0.2, -0.15) is 11.8 Å². The lowest BCUT2D eigenvalue weighted by Gasteiger charge is -2.41. The van der Waals surface area contributed by atoms with E-state index >= 15 is 0 Å². The van der Waals surface area contributed by atoms with E-state index in [0.717, 1.165) is 30.4 Å². The zero-order valence-corrected chi connectivity index (χ0v) is 20.0. The van der Waals surface area contributed by atoms with Gasteiger partial charge in [0.25, 0.3) is 0 Å². The molecule has 1 aliphatic heterocycles. The van der Waals surface area contributed by atoms with Crippen molar-refractivity contribution in [3.8, 4) is 11.4 Å². The smallest absolute Gasteiger partial charge is 0.163 e. The van der Waals surface area contributed by atoms with Gasteiger partial charge in [0.05, 0.1) is 0 Å². The minimum atomic E-state index is 0.425. The maximum absolute atomic E-state index is 4.75. The molecule has 1 fully saturated rings. The Hall–Kier alpha value is -3.19. The number of rotatable bonds is 7. The van der Waals surface area contributed by atoms with Crippen LogP contribution in [0.3, 0.4) is 0 Å². The van der Waals surface area contributed by atoms with E-state index < -0.39 is 0 Å². The summed E-state index contributed by atoms with van der Waals surface area (Å²) in [6, 6.07) is 12.4. The molecular formula is C26H28N6S. The summed E-state index contributed by atoms with van der Waals surface area (Å²) in [4.78, 5) is 20.4. The molecule has 0 unspecified atom stereocenters. The molecule has 6 nitrogen and oxygen atoms in total. The molecule has 0 amide bonds. The van der Waals surface area contributed by atoms with Gasteiger partial charge in [0.1, 0.15) is 11.6 Å². The van der Waals surface area contributed by atoms with Crippen LogP contribution < -0.4 is 10.2 Å². The van der Waals surface area contributed by atoms with Crippen molar-refractivity contribution < 1.29 is 0 Å². The Bertz CT molecular complexity index is 1250. The number of aromatic nitrogens is 4. The Labute approximate surface area is 198 Å². The van der Waals surface area contributed by atoms with Gasteiger partial charge in [0, 0.05) is 60.4 Å². The van der Waals surface area contributed by atoms with E-state index in [1.54, 1.807) is 18.6 Å². The zero-order chi connectivity index (χ0) is 22.8. The Morgan fingerprint density at radius 3 is 2.67 bits per heavy atom. The highest BCUT2D eigenvalue weighted by Gasteiger charge is 2.28. The van der Waals surface area contributed by atoms with Crippen molar-refractivity contribution in [3.05, 3.63) is 66.7 Å². The second-order valence-corrected chi connectivity index (χ2v) is 9.71. The molecule has 5 rings (SSSR count). The Balaban J connectivity index is 1.46. The lowest BCUT2D eigenvalue weighted by atomic mass is 9.93. The standard InChI is InChI=1S/C26H28N6S/c1-17(2)20-6-7-23(32-14-18(15-32)16-33-3)22-13-29-25(11-21(20)22)30-24-8-10-28-26(31-24)19-5-4-9-27-12-19/h4-13,17-18H,14-16H2,1-3H3,(H,28,29,30,31).